The zero-order chi connectivity index (χ0) is 21.5. The van der Waals surface area contributed by atoms with E-state index in [9.17, 15) is 14.7 Å². The number of nitrogens with zero attached hydrogens (tertiary/aromatic N) is 1. The molecule has 28 heavy (non-hydrogen) atoms. The van der Waals surface area contributed by atoms with Crippen LogP contribution >= 0.6 is 0 Å². The summed E-state index contributed by atoms with van der Waals surface area (Å²) < 4.78 is 10.6. The van der Waals surface area contributed by atoms with Gasteiger partial charge >= 0.3 is 11.9 Å². The number of esters is 2. The summed E-state index contributed by atoms with van der Waals surface area (Å²) in [6, 6.07) is -0.842. The molecule has 0 unspecified atom stereocenters. The first-order valence-corrected chi connectivity index (χ1v) is 10.4. The summed E-state index contributed by atoms with van der Waals surface area (Å²) in [5.74, 6) is -0.633. The highest BCUT2D eigenvalue weighted by Gasteiger charge is 2.61. The van der Waals surface area contributed by atoms with Crippen LogP contribution in [0.25, 0.3) is 0 Å². The normalized spacial score (nSPS) is 32.2. The number of rotatable bonds is 6. The van der Waals surface area contributed by atoms with Crippen LogP contribution in [0.1, 0.15) is 74.7 Å². The van der Waals surface area contributed by atoms with E-state index in [-0.39, 0.29) is 29.6 Å². The molecule has 3 rings (SSSR count). The summed E-state index contributed by atoms with van der Waals surface area (Å²) in [4.78, 5) is 29.6. The second kappa shape index (κ2) is 7.77. The van der Waals surface area contributed by atoms with Gasteiger partial charge < -0.3 is 14.6 Å². The molecule has 0 heterocycles. The number of aliphatic imine (C=N–C) groups is 1. The van der Waals surface area contributed by atoms with Crippen molar-refractivity contribution in [2.75, 3.05) is 6.61 Å². The number of hydrogen-bond acceptors (Lipinski definition) is 6. The Morgan fingerprint density at radius 3 is 2.36 bits per heavy atom. The van der Waals surface area contributed by atoms with Gasteiger partial charge in [0.1, 0.15) is 11.2 Å². The van der Waals surface area contributed by atoms with Gasteiger partial charge in [-0.3, -0.25) is 9.79 Å². The van der Waals surface area contributed by atoms with E-state index >= 15 is 0 Å². The highest BCUT2D eigenvalue weighted by molar-refractivity contribution is 5.96. The molecule has 3 saturated carbocycles. The minimum Gasteiger partial charge on any atom is -0.466 e. The summed E-state index contributed by atoms with van der Waals surface area (Å²) in [7, 11) is 0. The quantitative estimate of drug-likeness (QED) is 0.695. The molecule has 0 radical (unpaired) electrons. The lowest BCUT2D eigenvalue weighted by atomic mass is 9.44. The van der Waals surface area contributed by atoms with Crippen molar-refractivity contribution in [1.82, 2.24) is 0 Å². The van der Waals surface area contributed by atoms with Crippen LogP contribution in [-0.4, -0.2) is 46.6 Å². The second-order valence-electron chi connectivity index (χ2n) is 10.2. The maximum atomic E-state index is 12.9. The minimum absolute atomic E-state index is 0.0699. The highest BCUT2D eigenvalue weighted by atomic mass is 16.6. The third-order valence-corrected chi connectivity index (χ3v) is 6.45. The molecule has 1 N–H and O–H groups in total. The molecule has 0 spiro atoms. The Morgan fingerprint density at radius 1 is 1.29 bits per heavy atom. The van der Waals surface area contributed by atoms with Gasteiger partial charge in [-0.1, -0.05) is 20.8 Å². The van der Waals surface area contributed by atoms with E-state index in [1.807, 2.05) is 0 Å². The SMILES string of the molecule is CCOC(=O)C[C@H](C)[C@H](N=C1C[C@H]2C[C@H](C2(C)C)[C@@]1(C)O)C(=O)OC(C)(C)C. The van der Waals surface area contributed by atoms with Crippen molar-refractivity contribution >= 4 is 17.7 Å². The smallest absolute Gasteiger partial charge is 0.331 e. The monoisotopic (exact) mass is 395 g/mol. The fraction of sp³-hybridized carbons (Fsp3) is 0.864. The average Bonchev–Trinajstić information content (AvgIpc) is 2.50. The van der Waals surface area contributed by atoms with Crippen LogP contribution in [0.15, 0.2) is 4.99 Å². The third kappa shape index (κ3) is 4.58. The van der Waals surface area contributed by atoms with E-state index in [2.05, 4.69) is 13.8 Å². The fourth-order valence-corrected chi connectivity index (χ4v) is 4.68. The van der Waals surface area contributed by atoms with Crippen molar-refractivity contribution in [3.63, 3.8) is 0 Å². The van der Waals surface area contributed by atoms with Gasteiger partial charge in [0.25, 0.3) is 0 Å². The van der Waals surface area contributed by atoms with Gasteiger partial charge in [0, 0.05) is 5.71 Å². The lowest BCUT2D eigenvalue weighted by Gasteiger charge is -2.62. The Hall–Kier alpha value is -1.43. The van der Waals surface area contributed by atoms with Crippen molar-refractivity contribution in [2.24, 2.45) is 28.2 Å². The van der Waals surface area contributed by atoms with Crippen molar-refractivity contribution in [1.29, 1.82) is 0 Å². The lowest BCUT2D eigenvalue weighted by molar-refractivity contribution is -0.158. The Bertz CT molecular complexity index is 644. The van der Waals surface area contributed by atoms with Crippen LogP contribution in [-0.2, 0) is 19.1 Å². The number of carbonyl (C=O) groups is 2. The summed E-state index contributed by atoms with van der Waals surface area (Å²) >= 11 is 0. The molecule has 5 atom stereocenters. The van der Waals surface area contributed by atoms with Gasteiger partial charge in [0.2, 0.25) is 0 Å². The highest BCUT2D eigenvalue weighted by Crippen LogP contribution is 2.61. The molecule has 3 aliphatic carbocycles. The van der Waals surface area contributed by atoms with E-state index in [0.29, 0.717) is 24.7 Å². The molecule has 0 aliphatic heterocycles. The molecule has 2 bridgehead atoms. The van der Waals surface area contributed by atoms with Crippen LogP contribution in [0.2, 0.25) is 0 Å². The van der Waals surface area contributed by atoms with Gasteiger partial charge in [-0.25, -0.2) is 4.79 Å². The first-order valence-electron chi connectivity index (χ1n) is 10.4. The number of fused-ring (bicyclic) bond motifs is 2. The van der Waals surface area contributed by atoms with E-state index in [4.69, 9.17) is 14.5 Å². The topological polar surface area (TPSA) is 85.2 Å². The molecule has 0 aromatic heterocycles. The van der Waals surface area contributed by atoms with Gasteiger partial charge in [-0.2, -0.15) is 0 Å². The predicted molar refractivity (Wildman–Crippen MR) is 108 cm³/mol. The molecule has 0 aromatic carbocycles. The van der Waals surface area contributed by atoms with Crippen LogP contribution in [0, 0.1) is 23.2 Å². The number of hydrogen-bond donors (Lipinski definition) is 1. The predicted octanol–water partition coefficient (Wildman–Crippen LogP) is 3.54. The van der Waals surface area contributed by atoms with Crippen molar-refractivity contribution in [2.45, 2.75) is 91.9 Å². The molecule has 0 aromatic rings. The largest absolute Gasteiger partial charge is 0.466 e. The van der Waals surface area contributed by atoms with Crippen LogP contribution < -0.4 is 0 Å². The summed E-state index contributed by atoms with van der Waals surface area (Å²) in [5, 5.41) is 11.2. The Balaban J connectivity index is 2.30. The summed E-state index contributed by atoms with van der Waals surface area (Å²) in [5.41, 5.74) is -0.985. The Labute approximate surface area is 169 Å². The lowest BCUT2D eigenvalue weighted by Crippen LogP contribution is -2.65. The molecule has 6 heteroatoms. The molecular formula is C22H37NO5. The Morgan fingerprint density at radius 2 is 1.89 bits per heavy atom. The van der Waals surface area contributed by atoms with Crippen molar-refractivity contribution in [3.05, 3.63) is 0 Å². The van der Waals surface area contributed by atoms with Crippen LogP contribution in [0.3, 0.4) is 0 Å². The zero-order valence-electron chi connectivity index (χ0n) is 18.7. The summed E-state index contributed by atoms with van der Waals surface area (Å²) in [6.07, 6.45) is 1.73. The molecule has 0 saturated heterocycles. The third-order valence-electron chi connectivity index (χ3n) is 6.45. The van der Waals surface area contributed by atoms with E-state index < -0.39 is 23.2 Å². The van der Waals surface area contributed by atoms with Gasteiger partial charge in [-0.05, 0) is 70.6 Å². The first-order chi connectivity index (χ1) is 12.7. The second-order valence-corrected chi connectivity index (χ2v) is 10.2. The van der Waals surface area contributed by atoms with E-state index in [0.717, 1.165) is 6.42 Å². The maximum absolute atomic E-state index is 12.9. The molecule has 0 amide bonds. The molecular weight excluding hydrogens is 358 g/mol. The first kappa shape index (κ1) is 22.9. The maximum Gasteiger partial charge on any atom is 0.331 e. The fourth-order valence-electron chi connectivity index (χ4n) is 4.68. The van der Waals surface area contributed by atoms with E-state index in [1.54, 1.807) is 41.5 Å². The zero-order valence-corrected chi connectivity index (χ0v) is 18.7. The molecule has 3 aliphatic rings. The minimum atomic E-state index is -1.05. The molecule has 160 valence electrons. The van der Waals surface area contributed by atoms with Crippen molar-refractivity contribution < 1.29 is 24.2 Å². The van der Waals surface area contributed by atoms with Gasteiger partial charge in [-0.15, -0.1) is 0 Å². The number of ether oxygens (including phenoxy) is 2. The van der Waals surface area contributed by atoms with Crippen molar-refractivity contribution in [3.8, 4) is 0 Å². The standard InChI is InChI=1S/C22H37NO5/c1-9-27-17(24)10-13(2)18(19(25)28-20(3,4)5)23-16-12-14-11-15(21(14,6)7)22(16,8)26/h13-15,18,26H,9-12H2,1-8H3/t13-,14+,15+,18-,22+/m0/s1. The van der Waals surface area contributed by atoms with Crippen LogP contribution in [0.5, 0.6) is 0 Å². The Kier molecular flexibility index (Phi) is 6.34. The van der Waals surface area contributed by atoms with E-state index in [1.165, 1.54) is 0 Å². The van der Waals surface area contributed by atoms with Crippen LogP contribution in [0.4, 0.5) is 0 Å². The summed E-state index contributed by atoms with van der Waals surface area (Å²) in [6.45, 7) is 15.4. The molecule has 6 nitrogen and oxygen atoms in total. The molecule has 3 fully saturated rings. The number of carbonyl (C=O) groups excluding carboxylic acids is 2. The van der Waals surface area contributed by atoms with Gasteiger partial charge in [0.15, 0.2) is 6.04 Å². The average molecular weight is 396 g/mol. The number of aliphatic hydroxyl groups is 1. The van der Waals surface area contributed by atoms with Gasteiger partial charge in [0.05, 0.1) is 13.0 Å².